The normalized spacial score (nSPS) is 11.0. The number of halogens is 1. The molecule has 2 aromatic heterocycles. The third-order valence-corrected chi connectivity index (χ3v) is 3.93. The number of furan rings is 1. The molecule has 0 fully saturated rings. The fourth-order valence-electron chi connectivity index (χ4n) is 1.72. The maximum Gasteiger partial charge on any atom is 0.293 e. The second kappa shape index (κ2) is 6.34. The van der Waals surface area contributed by atoms with Crippen LogP contribution in [-0.2, 0) is 12.3 Å². The van der Waals surface area contributed by atoms with Gasteiger partial charge in [0.25, 0.3) is 5.89 Å². The summed E-state index contributed by atoms with van der Waals surface area (Å²) in [5.74, 6) is 2.76. The molecule has 0 atom stereocenters. The van der Waals surface area contributed by atoms with Crippen molar-refractivity contribution in [2.45, 2.75) is 17.2 Å². The van der Waals surface area contributed by atoms with E-state index in [1.807, 2.05) is 24.3 Å². The quantitative estimate of drug-likeness (QED) is 0.721. The van der Waals surface area contributed by atoms with Crippen LogP contribution in [0.3, 0.4) is 0 Å². The maximum absolute atomic E-state index is 5.94. The van der Waals surface area contributed by atoms with E-state index >= 15 is 0 Å². The Balaban J connectivity index is 1.67. The van der Waals surface area contributed by atoms with Crippen LogP contribution < -0.4 is 5.73 Å². The highest BCUT2D eigenvalue weighted by molar-refractivity contribution is 7.98. The highest BCUT2D eigenvalue weighted by Crippen LogP contribution is 2.26. The summed E-state index contributed by atoms with van der Waals surface area (Å²) in [6, 6.07) is 11.2. The molecular weight excluding hydrogens is 310 g/mol. The summed E-state index contributed by atoms with van der Waals surface area (Å²) >= 11 is 7.53. The standard InChI is InChI=1S/C14H12ClN3O2S/c15-9-2-1-3-11(6-9)21-8-13-17-14(20-18-13)12-5-4-10(7-16)19-12/h1-6H,7-8,16H2. The molecule has 0 bridgehead atoms. The second-order valence-electron chi connectivity index (χ2n) is 4.23. The molecule has 108 valence electrons. The molecule has 1 aromatic carbocycles. The number of rotatable bonds is 5. The SMILES string of the molecule is NCc1ccc(-c2nc(CSc3cccc(Cl)c3)no2)o1. The molecular formula is C14H12ClN3O2S. The van der Waals surface area contributed by atoms with Crippen LogP contribution in [0.2, 0.25) is 5.02 Å². The average molecular weight is 322 g/mol. The second-order valence-corrected chi connectivity index (χ2v) is 5.72. The Morgan fingerprint density at radius 2 is 2.14 bits per heavy atom. The minimum Gasteiger partial charge on any atom is -0.455 e. The van der Waals surface area contributed by atoms with Gasteiger partial charge in [-0.15, -0.1) is 11.8 Å². The van der Waals surface area contributed by atoms with Gasteiger partial charge in [-0.2, -0.15) is 4.98 Å². The Kier molecular flexibility index (Phi) is 4.28. The minimum atomic E-state index is 0.339. The van der Waals surface area contributed by atoms with E-state index in [0.29, 0.717) is 40.6 Å². The van der Waals surface area contributed by atoms with Gasteiger partial charge in [0.05, 0.1) is 12.3 Å². The molecule has 0 amide bonds. The van der Waals surface area contributed by atoms with E-state index < -0.39 is 0 Å². The van der Waals surface area contributed by atoms with Crippen molar-refractivity contribution in [1.82, 2.24) is 10.1 Å². The summed E-state index contributed by atoms with van der Waals surface area (Å²) in [6.07, 6.45) is 0. The lowest BCUT2D eigenvalue weighted by Gasteiger charge is -1.98. The van der Waals surface area contributed by atoms with Gasteiger partial charge in [-0.1, -0.05) is 22.8 Å². The summed E-state index contributed by atoms with van der Waals surface area (Å²) in [5.41, 5.74) is 5.50. The lowest BCUT2D eigenvalue weighted by molar-refractivity contribution is 0.407. The largest absolute Gasteiger partial charge is 0.455 e. The van der Waals surface area contributed by atoms with Crippen LogP contribution >= 0.6 is 23.4 Å². The molecule has 0 aliphatic rings. The first-order chi connectivity index (χ1) is 10.2. The van der Waals surface area contributed by atoms with Crippen LogP contribution in [0.25, 0.3) is 11.7 Å². The van der Waals surface area contributed by atoms with Crippen molar-refractivity contribution in [3.63, 3.8) is 0 Å². The Morgan fingerprint density at radius 1 is 1.24 bits per heavy atom. The Hall–Kier alpha value is -1.76. The fraction of sp³-hybridized carbons (Fsp3) is 0.143. The van der Waals surface area contributed by atoms with Gasteiger partial charge in [0.2, 0.25) is 0 Å². The van der Waals surface area contributed by atoms with E-state index in [-0.39, 0.29) is 0 Å². The highest BCUT2D eigenvalue weighted by atomic mass is 35.5. The zero-order chi connectivity index (χ0) is 14.7. The fourth-order valence-corrected chi connectivity index (χ4v) is 2.77. The van der Waals surface area contributed by atoms with E-state index in [2.05, 4.69) is 10.1 Å². The van der Waals surface area contributed by atoms with E-state index in [1.54, 1.807) is 23.9 Å². The monoisotopic (exact) mass is 321 g/mol. The van der Waals surface area contributed by atoms with Gasteiger partial charge in [0.15, 0.2) is 11.6 Å². The number of benzene rings is 1. The summed E-state index contributed by atoms with van der Waals surface area (Å²) in [5, 5.41) is 4.64. The number of aromatic nitrogens is 2. The molecule has 21 heavy (non-hydrogen) atoms. The van der Waals surface area contributed by atoms with Crippen molar-refractivity contribution >= 4 is 23.4 Å². The Labute approximate surface area is 130 Å². The molecule has 3 rings (SSSR count). The number of hydrogen-bond acceptors (Lipinski definition) is 6. The van der Waals surface area contributed by atoms with Crippen molar-refractivity contribution in [2.75, 3.05) is 0 Å². The molecule has 7 heteroatoms. The topological polar surface area (TPSA) is 78.1 Å². The van der Waals surface area contributed by atoms with E-state index in [9.17, 15) is 0 Å². The van der Waals surface area contributed by atoms with E-state index in [0.717, 1.165) is 4.90 Å². The Bertz CT molecular complexity index is 741. The van der Waals surface area contributed by atoms with Crippen LogP contribution in [-0.4, -0.2) is 10.1 Å². The van der Waals surface area contributed by atoms with Gasteiger partial charge in [-0.25, -0.2) is 0 Å². The first-order valence-electron chi connectivity index (χ1n) is 6.24. The van der Waals surface area contributed by atoms with E-state index in [1.165, 1.54) is 0 Å². The molecule has 0 aliphatic carbocycles. The van der Waals surface area contributed by atoms with E-state index in [4.69, 9.17) is 26.3 Å². The molecule has 0 unspecified atom stereocenters. The summed E-state index contributed by atoms with van der Waals surface area (Å²) < 4.78 is 10.7. The average Bonchev–Trinajstić information content (AvgIpc) is 3.14. The molecule has 0 aliphatic heterocycles. The summed E-state index contributed by atoms with van der Waals surface area (Å²) in [7, 11) is 0. The predicted molar refractivity (Wildman–Crippen MR) is 80.9 cm³/mol. The highest BCUT2D eigenvalue weighted by Gasteiger charge is 2.13. The van der Waals surface area contributed by atoms with Gasteiger partial charge >= 0.3 is 0 Å². The summed E-state index contributed by atoms with van der Waals surface area (Å²) in [6.45, 7) is 0.339. The van der Waals surface area contributed by atoms with Gasteiger partial charge in [-0.05, 0) is 30.3 Å². The summed E-state index contributed by atoms with van der Waals surface area (Å²) in [4.78, 5) is 5.35. The lowest BCUT2D eigenvalue weighted by Crippen LogP contribution is -1.92. The van der Waals surface area contributed by atoms with Gasteiger partial charge in [0, 0.05) is 9.92 Å². The zero-order valence-corrected chi connectivity index (χ0v) is 12.5. The van der Waals surface area contributed by atoms with Gasteiger partial charge < -0.3 is 14.7 Å². The maximum atomic E-state index is 5.94. The molecule has 0 spiro atoms. The number of hydrogen-bond donors (Lipinski definition) is 1. The predicted octanol–water partition coefficient (Wildman–Crippen LogP) is 3.73. The lowest BCUT2D eigenvalue weighted by atomic mass is 10.4. The molecule has 2 N–H and O–H groups in total. The van der Waals surface area contributed by atoms with Gasteiger partial charge in [0.1, 0.15) is 5.76 Å². The number of nitrogens with two attached hydrogens (primary N) is 1. The third kappa shape index (κ3) is 3.47. The van der Waals surface area contributed by atoms with Crippen LogP contribution in [0.5, 0.6) is 0 Å². The van der Waals surface area contributed by atoms with Crippen molar-refractivity contribution in [2.24, 2.45) is 5.73 Å². The molecule has 5 nitrogen and oxygen atoms in total. The molecule has 2 heterocycles. The third-order valence-electron chi connectivity index (χ3n) is 2.71. The van der Waals surface area contributed by atoms with Gasteiger partial charge in [-0.3, -0.25) is 0 Å². The molecule has 0 saturated heterocycles. The van der Waals surface area contributed by atoms with Crippen molar-refractivity contribution in [3.8, 4) is 11.7 Å². The molecule has 0 radical (unpaired) electrons. The number of nitrogens with zero attached hydrogens (tertiary/aromatic N) is 2. The van der Waals surface area contributed by atoms with Crippen molar-refractivity contribution < 1.29 is 8.94 Å². The van der Waals surface area contributed by atoms with Crippen molar-refractivity contribution in [3.05, 3.63) is 53.0 Å². The van der Waals surface area contributed by atoms with Crippen LogP contribution in [0.4, 0.5) is 0 Å². The Morgan fingerprint density at radius 3 is 2.90 bits per heavy atom. The van der Waals surface area contributed by atoms with Crippen LogP contribution in [0.1, 0.15) is 11.6 Å². The minimum absolute atomic E-state index is 0.339. The molecule has 3 aromatic rings. The van der Waals surface area contributed by atoms with Crippen molar-refractivity contribution in [1.29, 1.82) is 0 Å². The first-order valence-corrected chi connectivity index (χ1v) is 7.61. The number of thioether (sulfide) groups is 1. The van der Waals surface area contributed by atoms with Crippen LogP contribution in [0.15, 0.2) is 50.2 Å². The zero-order valence-electron chi connectivity index (χ0n) is 11.0. The van der Waals surface area contributed by atoms with Crippen LogP contribution in [0, 0.1) is 0 Å². The first kappa shape index (κ1) is 14.2. The smallest absolute Gasteiger partial charge is 0.293 e. The molecule has 0 saturated carbocycles.